The third-order valence-electron chi connectivity index (χ3n) is 7.15. The molecule has 0 bridgehead atoms. The summed E-state index contributed by atoms with van der Waals surface area (Å²) in [7, 11) is 0. The molecule has 33 heavy (non-hydrogen) atoms. The zero-order chi connectivity index (χ0) is 24.3. The van der Waals surface area contributed by atoms with E-state index in [1.54, 1.807) is 6.92 Å². The lowest BCUT2D eigenvalue weighted by Crippen LogP contribution is -2.40. The summed E-state index contributed by atoms with van der Waals surface area (Å²) in [5, 5.41) is 19.4. The number of aliphatic hydroxyl groups excluding tert-OH is 1. The number of carboxylic acids is 1. The first kappa shape index (κ1) is 28.0. The minimum atomic E-state index is -1.48. The fourth-order valence-corrected chi connectivity index (χ4v) is 5.04. The summed E-state index contributed by atoms with van der Waals surface area (Å²) in [5.41, 5.74) is -1.48. The van der Waals surface area contributed by atoms with Crippen molar-refractivity contribution in [3.63, 3.8) is 0 Å². The Balaban J connectivity index is 2.05. The highest BCUT2D eigenvalue weighted by molar-refractivity contribution is 5.66. The van der Waals surface area contributed by atoms with E-state index in [2.05, 4.69) is 26.0 Å². The molecule has 2 fully saturated rings. The average Bonchev–Trinajstić information content (AvgIpc) is 3.04. The molecule has 0 spiro atoms. The first-order valence-electron chi connectivity index (χ1n) is 12.9. The molecule has 1 saturated carbocycles. The molecule has 7 atom stereocenters. The average molecular weight is 469 g/mol. The van der Waals surface area contributed by atoms with Crippen molar-refractivity contribution in [2.75, 3.05) is 6.61 Å². The van der Waals surface area contributed by atoms with Crippen molar-refractivity contribution in [2.24, 2.45) is 17.8 Å². The maximum absolute atomic E-state index is 15.7. The predicted octanol–water partition coefficient (Wildman–Crippen LogP) is 6.21. The number of alkyl halides is 1. The van der Waals surface area contributed by atoms with Gasteiger partial charge in [0, 0.05) is 13.0 Å². The first-order chi connectivity index (χ1) is 15.7. The van der Waals surface area contributed by atoms with Crippen molar-refractivity contribution in [1.29, 1.82) is 0 Å². The highest BCUT2D eigenvalue weighted by Gasteiger charge is 2.40. The molecule has 0 amide bonds. The van der Waals surface area contributed by atoms with Gasteiger partial charge in [0.05, 0.1) is 6.10 Å². The molecule has 190 valence electrons. The van der Waals surface area contributed by atoms with Gasteiger partial charge in [0.15, 0.2) is 6.29 Å². The lowest BCUT2D eigenvalue weighted by atomic mass is 9.85. The van der Waals surface area contributed by atoms with Gasteiger partial charge < -0.3 is 19.7 Å². The third kappa shape index (κ3) is 9.50. The lowest BCUT2D eigenvalue weighted by molar-refractivity contribution is -0.201. The normalized spacial score (nSPS) is 31.2. The minimum Gasteiger partial charge on any atom is -0.481 e. The molecular formula is C27H45FO5. The number of aliphatic carboxylic acids is 1. The minimum absolute atomic E-state index is 0.0695. The van der Waals surface area contributed by atoms with Gasteiger partial charge in [-0.15, -0.1) is 0 Å². The largest absolute Gasteiger partial charge is 0.481 e. The van der Waals surface area contributed by atoms with E-state index < -0.39 is 23.8 Å². The van der Waals surface area contributed by atoms with Gasteiger partial charge >= 0.3 is 5.97 Å². The van der Waals surface area contributed by atoms with Crippen LogP contribution in [-0.4, -0.2) is 47.0 Å². The second-order valence-corrected chi connectivity index (χ2v) is 10.1. The highest BCUT2D eigenvalue weighted by atomic mass is 19.1. The van der Waals surface area contributed by atoms with E-state index in [4.69, 9.17) is 14.6 Å². The van der Waals surface area contributed by atoms with Gasteiger partial charge in [0.2, 0.25) is 0 Å². The van der Waals surface area contributed by atoms with Crippen molar-refractivity contribution < 1.29 is 28.9 Å². The van der Waals surface area contributed by atoms with E-state index in [9.17, 15) is 9.90 Å². The highest BCUT2D eigenvalue weighted by Crippen LogP contribution is 2.41. The number of halogens is 1. The fraction of sp³-hybridized carbons (Fsp3) is 0.815. The number of ether oxygens (including phenoxy) is 2. The van der Waals surface area contributed by atoms with Crippen LogP contribution >= 0.6 is 0 Å². The van der Waals surface area contributed by atoms with Crippen molar-refractivity contribution in [3.05, 3.63) is 24.3 Å². The standard InChI is InChI=1S/C27H45FO5/c1-4-5-17-27(3,28)24(33-26-14-10-11-18-32-26)16-15-21-20(2)19-23(29)22(21)12-8-6-7-9-13-25(30)31/h6,8,15-16,20-24,26,29H,4-5,7,9-14,17-19H2,1-3H3,(H,30,31)/b8-6-,16-15+/t20-,21+,22-,23+,24-,26?,27-/m1/s1. The van der Waals surface area contributed by atoms with E-state index in [-0.39, 0.29) is 24.5 Å². The van der Waals surface area contributed by atoms with Crippen LogP contribution in [0.2, 0.25) is 0 Å². The maximum atomic E-state index is 15.7. The van der Waals surface area contributed by atoms with Gasteiger partial charge in [-0.3, -0.25) is 4.79 Å². The summed E-state index contributed by atoms with van der Waals surface area (Å²) in [4.78, 5) is 10.6. The van der Waals surface area contributed by atoms with Gasteiger partial charge in [-0.1, -0.05) is 51.0 Å². The van der Waals surface area contributed by atoms with Gasteiger partial charge in [-0.05, 0) is 76.0 Å². The third-order valence-corrected chi connectivity index (χ3v) is 7.15. The molecule has 2 N–H and O–H groups in total. The monoisotopic (exact) mass is 468 g/mol. The Labute approximate surface area is 199 Å². The van der Waals surface area contributed by atoms with E-state index in [1.807, 2.05) is 12.2 Å². The van der Waals surface area contributed by atoms with Crippen molar-refractivity contribution in [3.8, 4) is 0 Å². The Morgan fingerprint density at radius 1 is 1.30 bits per heavy atom. The van der Waals surface area contributed by atoms with Gasteiger partial charge in [-0.2, -0.15) is 0 Å². The van der Waals surface area contributed by atoms with Crippen LogP contribution in [0.25, 0.3) is 0 Å². The molecule has 2 aliphatic rings. The zero-order valence-corrected chi connectivity index (χ0v) is 20.8. The Kier molecular flexibility index (Phi) is 12.1. The summed E-state index contributed by atoms with van der Waals surface area (Å²) in [6.07, 6.45) is 14.6. The fourth-order valence-electron chi connectivity index (χ4n) is 5.04. The van der Waals surface area contributed by atoms with Crippen LogP contribution in [0.1, 0.15) is 91.4 Å². The number of hydrogen-bond acceptors (Lipinski definition) is 4. The van der Waals surface area contributed by atoms with Crippen molar-refractivity contribution in [1.82, 2.24) is 0 Å². The number of unbranched alkanes of at least 4 members (excludes halogenated alkanes) is 2. The Hall–Kier alpha value is -1.24. The molecule has 1 saturated heterocycles. The van der Waals surface area contributed by atoms with Crippen LogP contribution in [0.5, 0.6) is 0 Å². The molecule has 6 heteroatoms. The van der Waals surface area contributed by atoms with Crippen LogP contribution in [0.15, 0.2) is 24.3 Å². The SMILES string of the molecule is CCCC[C@@](C)(F)[C@@H](/C=C/[C@@H]1[C@@H](C/C=C\CCCC(=O)O)[C@@H](O)C[C@H]1C)OC1CCCCO1. The Morgan fingerprint density at radius 3 is 2.76 bits per heavy atom. The number of rotatable bonds is 14. The molecule has 2 rings (SSSR count). The smallest absolute Gasteiger partial charge is 0.303 e. The molecule has 0 aromatic carbocycles. The van der Waals surface area contributed by atoms with Crippen LogP contribution in [0.4, 0.5) is 4.39 Å². The molecule has 0 radical (unpaired) electrons. The molecule has 0 aromatic rings. The number of carboxylic acid groups (broad SMARTS) is 1. The van der Waals surface area contributed by atoms with Gasteiger partial charge in [0.1, 0.15) is 11.8 Å². The predicted molar refractivity (Wildman–Crippen MR) is 129 cm³/mol. The Morgan fingerprint density at radius 2 is 2.09 bits per heavy atom. The van der Waals surface area contributed by atoms with E-state index in [0.29, 0.717) is 25.4 Å². The van der Waals surface area contributed by atoms with Gasteiger partial charge in [-0.25, -0.2) is 4.39 Å². The summed E-state index contributed by atoms with van der Waals surface area (Å²) < 4.78 is 27.6. The van der Waals surface area contributed by atoms with Crippen molar-refractivity contribution in [2.45, 2.75) is 116 Å². The lowest BCUT2D eigenvalue weighted by Gasteiger charge is -2.33. The van der Waals surface area contributed by atoms with E-state index in [0.717, 1.165) is 51.4 Å². The second-order valence-electron chi connectivity index (χ2n) is 10.1. The Bertz CT molecular complexity index is 626. The number of hydrogen-bond donors (Lipinski definition) is 2. The van der Waals surface area contributed by atoms with Crippen LogP contribution in [0.3, 0.4) is 0 Å². The number of carbonyl (C=O) groups is 1. The van der Waals surface area contributed by atoms with E-state index >= 15 is 4.39 Å². The zero-order valence-electron chi connectivity index (χ0n) is 20.8. The molecular weight excluding hydrogens is 423 g/mol. The van der Waals surface area contributed by atoms with Crippen LogP contribution in [0, 0.1) is 17.8 Å². The summed E-state index contributed by atoms with van der Waals surface area (Å²) >= 11 is 0. The quantitative estimate of drug-likeness (QED) is 0.234. The maximum Gasteiger partial charge on any atom is 0.303 e. The first-order valence-corrected chi connectivity index (χ1v) is 12.9. The summed E-state index contributed by atoms with van der Waals surface area (Å²) in [6, 6.07) is 0. The number of aliphatic hydroxyl groups is 1. The van der Waals surface area contributed by atoms with E-state index in [1.165, 1.54) is 0 Å². The molecule has 1 heterocycles. The number of allylic oxidation sites excluding steroid dienone is 3. The molecule has 0 aromatic heterocycles. The molecule has 1 aliphatic heterocycles. The molecule has 1 aliphatic carbocycles. The van der Waals surface area contributed by atoms with Gasteiger partial charge in [0.25, 0.3) is 0 Å². The van der Waals surface area contributed by atoms with Crippen LogP contribution < -0.4 is 0 Å². The van der Waals surface area contributed by atoms with Crippen LogP contribution in [-0.2, 0) is 14.3 Å². The second kappa shape index (κ2) is 14.2. The van der Waals surface area contributed by atoms with Crippen molar-refractivity contribution >= 4 is 5.97 Å². The topological polar surface area (TPSA) is 76.0 Å². The summed E-state index contributed by atoms with van der Waals surface area (Å²) in [5.74, 6) is -0.262. The summed E-state index contributed by atoms with van der Waals surface area (Å²) in [6.45, 7) is 6.49. The molecule has 1 unspecified atom stereocenters. The molecule has 5 nitrogen and oxygen atoms in total.